The number of carbonyl (C=O) groups excluding carboxylic acids is 1. The SMILES string of the molecule is CNS(=O)(=O)c1cccc(C(=O)NCc2ccnn2C)c1. The molecule has 0 radical (unpaired) electrons. The molecule has 7 nitrogen and oxygen atoms in total. The summed E-state index contributed by atoms with van der Waals surface area (Å²) in [6.07, 6.45) is 1.64. The van der Waals surface area contributed by atoms with Crippen LogP contribution in [0.4, 0.5) is 0 Å². The lowest BCUT2D eigenvalue weighted by atomic mass is 10.2. The number of nitrogens with one attached hydrogen (secondary N) is 2. The van der Waals surface area contributed by atoms with Gasteiger partial charge >= 0.3 is 0 Å². The first-order chi connectivity index (χ1) is 9.94. The lowest BCUT2D eigenvalue weighted by Crippen LogP contribution is -2.25. The van der Waals surface area contributed by atoms with E-state index in [9.17, 15) is 13.2 Å². The summed E-state index contributed by atoms with van der Waals surface area (Å²) in [7, 11) is -0.460. The van der Waals surface area contributed by atoms with Gasteiger partial charge in [-0.1, -0.05) is 6.07 Å². The summed E-state index contributed by atoms with van der Waals surface area (Å²) < 4.78 is 27.3. The molecule has 0 aliphatic heterocycles. The van der Waals surface area contributed by atoms with Crippen molar-refractivity contribution in [2.75, 3.05) is 7.05 Å². The fourth-order valence-electron chi connectivity index (χ4n) is 1.77. The monoisotopic (exact) mass is 308 g/mol. The molecule has 0 atom stereocenters. The molecular weight excluding hydrogens is 292 g/mol. The average Bonchev–Trinajstić information content (AvgIpc) is 2.90. The van der Waals surface area contributed by atoms with Crippen LogP contribution in [0.25, 0.3) is 0 Å². The van der Waals surface area contributed by atoms with E-state index in [1.54, 1.807) is 30.1 Å². The van der Waals surface area contributed by atoms with Gasteiger partial charge in [0.05, 0.1) is 17.1 Å². The highest BCUT2D eigenvalue weighted by molar-refractivity contribution is 7.89. The Balaban J connectivity index is 2.13. The zero-order chi connectivity index (χ0) is 15.5. The molecule has 0 unspecified atom stereocenters. The topological polar surface area (TPSA) is 93.1 Å². The molecule has 0 saturated heterocycles. The molecule has 112 valence electrons. The average molecular weight is 308 g/mol. The van der Waals surface area contributed by atoms with Crippen molar-refractivity contribution in [2.45, 2.75) is 11.4 Å². The van der Waals surface area contributed by atoms with Gasteiger partial charge in [0.2, 0.25) is 10.0 Å². The number of carbonyl (C=O) groups is 1. The summed E-state index contributed by atoms with van der Waals surface area (Å²) in [4.78, 5) is 12.1. The Kier molecular flexibility index (Phi) is 4.39. The molecule has 0 fully saturated rings. The maximum atomic E-state index is 12.1. The Morgan fingerprint density at radius 1 is 1.33 bits per heavy atom. The highest BCUT2D eigenvalue weighted by Crippen LogP contribution is 2.11. The fraction of sp³-hybridized carbons (Fsp3) is 0.231. The van der Waals surface area contributed by atoms with E-state index in [2.05, 4.69) is 15.1 Å². The highest BCUT2D eigenvalue weighted by Gasteiger charge is 2.14. The molecule has 1 aromatic carbocycles. The molecule has 0 aliphatic rings. The normalized spacial score (nSPS) is 11.3. The second kappa shape index (κ2) is 6.06. The predicted molar refractivity (Wildman–Crippen MR) is 77.1 cm³/mol. The first kappa shape index (κ1) is 15.2. The van der Waals surface area contributed by atoms with E-state index in [0.717, 1.165) is 5.69 Å². The molecular formula is C13H16N4O3S. The van der Waals surface area contributed by atoms with Crippen molar-refractivity contribution in [2.24, 2.45) is 7.05 Å². The predicted octanol–water partition coefficient (Wildman–Crippen LogP) is 0.258. The van der Waals surface area contributed by atoms with E-state index in [1.165, 1.54) is 25.2 Å². The summed E-state index contributed by atoms with van der Waals surface area (Å²) in [5.41, 5.74) is 1.14. The van der Waals surface area contributed by atoms with E-state index < -0.39 is 10.0 Å². The number of aromatic nitrogens is 2. The van der Waals surface area contributed by atoms with Crippen LogP contribution in [0.3, 0.4) is 0 Å². The van der Waals surface area contributed by atoms with Gasteiger partial charge in [-0.05, 0) is 31.3 Å². The molecule has 0 aliphatic carbocycles. The van der Waals surface area contributed by atoms with E-state index in [1.807, 2.05) is 0 Å². The molecule has 21 heavy (non-hydrogen) atoms. The highest BCUT2D eigenvalue weighted by atomic mass is 32.2. The standard InChI is InChI=1S/C13H16N4O3S/c1-14-21(19,20)12-5-3-4-10(8-12)13(18)15-9-11-6-7-16-17(11)2/h3-8,14H,9H2,1-2H3,(H,15,18). The van der Waals surface area contributed by atoms with Crippen LogP contribution in [0, 0.1) is 0 Å². The minimum atomic E-state index is -3.56. The number of nitrogens with zero attached hydrogens (tertiary/aromatic N) is 2. The lowest BCUT2D eigenvalue weighted by Gasteiger charge is -2.07. The van der Waals surface area contributed by atoms with E-state index in [-0.39, 0.29) is 16.4 Å². The summed E-state index contributed by atoms with van der Waals surface area (Å²) in [5.74, 6) is -0.343. The van der Waals surface area contributed by atoms with Crippen LogP contribution in [0.2, 0.25) is 0 Å². The zero-order valence-corrected chi connectivity index (χ0v) is 12.5. The second-order valence-electron chi connectivity index (χ2n) is 4.36. The number of sulfonamides is 1. The maximum absolute atomic E-state index is 12.1. The van der Waals surface area contributed by atoms with Crippen LogP contribution in [-0.2, 0) is 23.6 Å². The summed E-state index contributed by atoms with van der Waals surface area (Å²) >= 11 is 0. The third-order valence-corrected chi connectivity index (χ3v) is 4.44. The van der Waals surface area contributed by atoms with Crippen molar-refractivity contribution in [3.8, 4) is 0 Å². The van der Waals surface area contributed by atoms with Gasteiger partial charge in [-0.3, -0.25) is 9.48 Å². The van der Waals surface area contributed by atoms with E-state index in [0.29, 0.717) is 6.54 Å². The van der Waals surface area contributed by atoms with Crippen LogP contribution in [0.5, 0.6) is 0 Å². The zero-order valence-electron chi connectivity index (χ0n) is 11.7. The number of rotatable bonds is 5. The Bertz CT molecular complexity index is 752. The maximum Gasteiger partial charge on any atom is 0.251 e. The lowest BCUT2D eigenvalue weighted by molar-refractivity contribution is 0.0950. The molecule has 2 N–H and O–H groups in total. The van der Waals surface area contributed by atoms with Crippen molar-refractivity contribution >= 4 is 15.9 Å². The molecule has 0 spiro atoms. The van der Waals surface area contributed by atoms with Gasteiger partial charge in [0.25, 0.3) is 5.91 Å². The summed E-state index contributed by atoms with van der Waals surface area (Å²) in [5, 5.41) is 6.73. The molecule has 1 heterocycles. The van der Waals surface area contributed by atoms with Crippen LogP contribution in [-0.4, -0.2) is 31.2 Å². The fourth-order valence-corrected chi connectivity index (χ4v) is 2.55. The van der Waals surface area contributed by atoms with Gasteiger partial charge in [0.15, 0.2) is 0 Å². The quantitative estimate of drug-likeness (QED) is 0.828. The smallest absolute Gasteiger partial charge is 0.251 e. The largest absolute Gasteiger partial charge is 0.346 e. The van der Waals surface area contributed by atoms with Gasteiger partial charge in [0.1, 0.15) is 0 Å². The van der Waals surface area contributed by atoms with Gasteiger partial charge in [-0.25, -0.2) is 13.1 Å². The van der Waals surface area contributed by atoms with Crippen molar-refractivity contribution in [1.82, 2.24) is 19.8 Å². The van der Waals surface area contributed by atoms with Crippen molar-refractivity contribution < 1.29 is 13.2 Å². The Labute approximate surface area is 123 Å². The summed E-state index contributed by atoms with van der Waals surface area (Å²) in [6.45, 7) is 0.318. The van der Waals surface area contributed by atoms with Gasteiger partial charge in [0, 0.05) is 18.8 Å². The Hall–Kier alpha value is -2.19. The number of aryl methyl sites for hydroxylation is 1. The van der Waals surface area contributed by atoms with Crippen molar-refractivity contribution in [1.29, 1.82) is 0 Å². The summed E-state index contributed by atoms with van der Waals surface area (Å²) in [6, 6.07) is 7.66. The molecule has 1 amide bonds. The number of benzene rings is 1. The molecule has 2 rings (SSSR count). The van der Waals surface area contributed by atoms with Gasteiger partial charge < -0.3 is 5.32 Å². The van der Waals surface area contributed by atoms with Gasteiger partial charge in [-0.15, -0.1) is 0 Å². The number of hydrogen-bond donors (Lipinski definition) is 2. The van der Waals surface area contributed by atoms with Crippen LogP contribution >= 0.6 is 0 Å². The van der Waals surface area contributed by atoms with Crippen LogP contribution in [0.15, 0.2) is 41.4 Å². The number of amides is 1. The molecule has 1 aromatic heterocycles. The first-order valence-corrected chi connectivity index (χ1v) is 7.71. The van der Waals surface area contributed by atoms with E-state index >= 15 is 0 Å². The molecule has 2 aromatic rings. The minimum absolute atomic E-state index is 0.0539. The van der Waals surface area contributed by atoms with Crippen molar-refractivity contribution in [3.05, 3.63) is 47.8 Å². The minimum Gasteiger partial charge on any atom is -0.346 e. The second-order valence-corrected chi connectivity index (χ2v) is 6.25. The Morgan fingerprint density at radius 3 is 2.71 bits per heavy atom. The molecule has 0 bridgehead atoms. The first-order valence-electron chi connectivity index (χ1n) is 6.23. The van der Waals surface area contributed by atoms with Gasteiger partial charge in [-0.2, -0.15) is 5.10 Å². The van der Waals surface area contributed by atoms with Crippen LogP contribution < -0.4 is 10.0 Å². The number of hydrogen-bond acceptors (Lipinski definition) is 4. The van der Waals surface area contributed by atoms with E-state index in [4.69, 9.17) is 0 Å². The van der Waals surface area contributed by atoms with Crippen LogP contribution in [0.1, 0.15) is 16.1 Å². The molecule has 8 heteroatoms. The molecule has 0 saturated carbocycles. The van der Waals surface area contributed by atoms with Crippen molar-refractivity contribution in [3.63, 3.8) is 0 Å². The Morgan fingerprint density at radius 2 is 2.10 bits per heavy atom. The third-order valence-electron chi connectivity index (χ3n) is 3.03. The third kappa shape index (κ3) is 3.47.